The molecule has 4 heteroatoms. The van der Waals surface area contributed by atoms with E-state index >= 15 is 0 Å². The molecule has 0 N–H and O–H groups in total. The Morgan fingerprint density at radius 3 is 2.80 bits per heavy atom. The lowest BCUT2D eigenvalue weighted by Crippen LogP contribution is -2.02. The molecule has 1 aromatic carbocycles. The molecule has 0 aliphatic rings. The minimum atomic E-state index is 0.591. The van der Waals surface area contributed by atoms with Crippen molar-refractivity contribution in [1.29, 1.82) is 0 Å². The average molecular weight is 314 g/mol. The molecule has 0 saturated heterocycles. The summed E-state index contributed by atoms with van der Waals surface area (Å²) in [6.45, 7) is 1.43. The van der Waals surface area contributed by atoms with Crippen molar-refractivity contribution >= 4 is 23.0 Å². The van der Waals surface area contributed by atoms with Crippen molar-refractivity contribution in [1.82, 2.24) is 9.55 Å². The summed E-state index contributed by atoms with van der Waals surface area (Å²) in [5, 5.41) is 0. The molecule has 0 atom stereocenters. The third-order valence-corrected chi connectivity index (χ3v) is 2.51. The lowest BCUT2D eigenvalue weighted by molar-refractivity contribution is 0.400. The molecule has 0 radical (unpaired) electrons. The maximum atomic E-state index is 5.07. The Morgan fingerprint density at radius 2 is 2.07 bits per heavy atom. The van der Waals surface area contributed by atoms with E-state index in [9.17, 15) is 0 Å². The van der Waals surface area contributed by atoms with Crippen molar-refractivity contribution in [3.8, 4) is 0 Å². The van der Waals surface area contributed by atoms with Crippen molar-refractivity contribution in [2.24, 2.45) is 0 Å². The van der Waals surface area contributed by atoms with Crippen LogP contribution in [-0.4, -0.2) is 9.55 Å². The van der Waals surface area contributed by atoms with Gasteiger partial charge in [0.2, 0.25) is 0 Å². The van der Waals surface area contributed by atoms with E-state index < -0.39 is 0 Å². The minimum absolute atomic E-state index is 0.591. The van der Waals surface area contributed by atoms with Crippen molar-refractivity contribution < 1.29 is 3.07 Å². The van der Waals surface area contributed by atoms with Crippen LogP contribution in [0.4, 0.5) is 0 Å². The first-order valence-electron chi connectivity index (χ1n) is 4.66. The van der Waals surface area contributed by atoms with E-state index in [2.05, 4.69) is 21.7 Å². The van der Waals surface area contributed by atoms with Crippen molar-refractivity contribution in [3.05, 3.63) is 54.1 Å². The number of hydrogen-bond donors (Lipinski definition) is 0. The lowest BCUT2D eigenvalue weighted by Gasteiger charge is -2.06. The average Bonchev–Trinajstić information content (AvgIpc) is 2.68. The van der Waals surface area contributed by atoms with Crippen molar-refractivity contribution in [2.45, 2.75) is 13.2 Å². The van der Waals surface area contributed by atoms with Gasteiger partial charge in [0.1, 0.15) is 29.6 Å². The highest BCUT2D eigenvalue weighted by molar-refractivity contribution is 14.1. The van der Waals surface area contributed by atoms with Crippen molar-refractivity contribution in [3.63, 3.8) is 0 Å². The number of halogens is 1. The summed E-state index contributed by atoms with van der Waals surface area (Å²) in [6.07, 6.45) is 3.67. The summed E-state index contributed by atoms with van der Waals surface area (Å²) in [5.74, 6) is 0. The van der Waals surface area contributed by atoms with Crippen LogP contribution in [0.25, 0.3) is 0 Å². The molecule has 1 heterocycles. The number of hydrogen-bond acceptors (Lipinski definition) is 2. The van der Waals surface area contributed by atoms with E-state index in [0.717, 1.165) is 12.2 Å². The first-order chi connectivity index (χ1) is 7.40. The van der Waals surface area contributed by atoms with Gasteiger partial charge in [-0.3, -0.25) is 0 Å². The van der Waals surface area contributed by atoms with Crippen LogP contribution in [0.3, 0.4) is 0 Å². The molecule has 0 fully saturated rings. The largest absolute Gasteiger partial charge is 0.328 e. The first-order valence-corrected chi connectivity index (χ1v) is 5.54. The predicted molar refractivity (Wildman–Crippen MR) is 66.6 cm³/mol. The van der Waals surface area contributed by atoms with Gasteiger partial charge in [0.25, 0.3) is 0 Å². The molecule has 1 aromatic heterocycles. The van der Waals surface area contributed by atoms with E-state index in [0.29, 0.717) is 6.61 Å². The van der Waals surface area contributed by atoms with Crippen LogP contribution >= 0.6 is 23.0 Å². The lowest BCUT2D eigenvalue weighted by atomic mass is 10.2. The Labute approximate surface area is 103 Å². The predicted octanol–water partition coefficient (Wildman–Crippen LogP) is 2.80. The zero-order valence-corrected chi connectivity index (χ0v) is 10.3. The zero-order chi connectivity index (χ0) is 10.5. The molecule has 3 nitrogen and oxygen atoms in total. The van der Waals surface area contributed by atoms with Gasteiger partial charge in [0, 0.05) is 6.54 Å². The second-order valence-corrected chi connectivity index (χ2v) is 3.87. The highest BCUT2D eigenvalue weighted by Gasteiger charge is 2.01. The maximum Gasteiger partial charge on any atom is 0.110 e. The Morgan fingerprint density at radius 1 is 1.27 bits per heavy atom. The van der Waals surface area contributed by atoms with Gasteiger partial charge < -0.3 is 7.63 Å². The fourth-order valence-electron chi connectivity index (χ4n) is 1.45. The summed E-state index contributed by atoms with van der Waals surface area (Å²) in [7, 11) is 0. The van der Waals surface area contributed by atoms with Gasteiger partial charge in [0.15, 0.2) is 0 Å². The van der Waals surface area contributed by atoms with E-state index in [4.69, 9.17) is 3.07 Å². The molecule has 0 aliphatic carbocycles. The number of aromatic nitrogens is 2. The Balaban J connectivity index is 2.14. The topological polar surface area (TPSA) is 27.1 Å². The Kier molecular flexibility index (Phi) is 3.74. The molecule has 0 amide bonds. The van der Waals surface area contributed by atoms with Crippen LogP contribution in [0.15, 0.2) is 42.9 Å². The second-order valence-electron chi connectivity index (χ2n) is 3.25. The molecular weight excluding hydrogens is 303 g/mol. The number of rotatable bonds is 4. The fourth-order valence-corrected chi connectivity index (χ4v) is 1.77. The van der Waals surface area contributed by atoms with E-state index in [1.54, 1.807) is 0 Å². The van der Waals surface area contributed by atoms with E-state index in [1.807, 2.05) is 53.7 Å². The monoisotopic (exact) mass is 314 g/mol. The normalized spacial score (nSPS) is 10.5. The third-order valence-electron chi connectivity index (χ3n) is 2.20. The Bertz CT molecular complexity index is 414. The van der Waals surface area contributed by atoms with E-state index in [-0.39, 0.29) is 0 Å². The molecule has 2 rings (SSSR count). The molecule has 0 aliphatic heterocycles. The second kappa shape index (κ2) is 5.27. The smallest absolute Gasteiger partial charge is 0.110 e. The summed E-state index contributed by atoms with van der Waals surface area (Å²) in [5.41, 5.74) is 2.36. The molecule has 0 spiro atoms. The molecule has 78 valence electrons. The standard InChI is InChI=1S/C11H11IN2O/c12-15-8-11-6-13-9-14(11)7-10-4-2-1-3-5-10/h1-6,9H,7-8H2. The van der Waals surface area contributed by atoms with Crippen LogP contribution in [0, 0.1) is 0 Å². The van der Waals surface area contributed by atoms with Gasteiger partial charge in [-0.25, -0.2) is 4.98 Å². The van der Waals surface area contributed by atoms with Gasteiger partial charge in [-0.2, -0.15) is 0 Å². The number of imidazole rings is 1. The molecule has 0 saturated carbocycles. The van der Waals surface area contributed by atoms with Crippen molar-refractivity contribution in [2.75, 3.05) is 0 Å². The molecular formula is C11H11IN2O. The molecule has 2 aromatic rings. The maximum absolute atomic E-state index is 5.07. The van der Waals surface area contributed by atoms with Gasteiger partial charge in [-0.05, 0) is 5.56 Å². The Hall–Kier alpha value is -0.880. The fraction of sp³-hybridized carbons (Fsp3) is 0.182. The van der Waals surface area contributed by atoms with Gasteiger partial charge in [-0.15, -0.1) is 0 Å². The molecule has 0 unspecified atom stereocenters. The third kappa shape index (κ3) is 2.79. The molecule has 15 heavy (non-hydrogen) atoms. The van der Waals surface area contributed by atoms with Crippen LogP contribution in [0.5, 0.6) is 0 Å². The summed E-state index contributed by atoms with van der Waals surface area (Å²) < 4.78 is 7.17. The summed E-state index contributed by atoms with van der Waals surface area (Å²) >= 11 is 1.90. The van der Waals surface area contributed by atoms with Crippen LogP contribution in [-0.2, 0) is 16.2 Å². The quantitative estimate of drug-likeness (QED) is 0.812. The van der Waals surface area contributed by atoms with Gasteiger partial charge >= 0.3 is 0 Å². The van der Waals surface area contributed by atoms with Crippen LogP contribution in [0.2, 0.25) is 0 Å². The van der Waals surface area contributed by atoms with Crippen LogP contribution in [0.1, 0.15) is 11.3 Å². The highest BCUT2D eigenvalue weighted by Crippen LogP contribution is 2.08. The summed E-state index contributed by atoms with van der Waals surface area (Å²) in [6, 6.07) is 10.3. The van der Waals surface area contributed by atoms with Gasteiger partial charge in [0.05, 0.1) is 18.2 Å². The zero-order valence-electron chi connectivity index (χ0n) is 8.14. The molecule has 0 bridgehead atoms. The minimum Gasteiger partial charge on any atom is -0.328 e. The highest BCUT2D eigenvalue weighted by atomic mass is 127. The van der Waals surface area contributed by atoms with E-state index in [1.165, 1.54) is 5.56 Å². The van der Waals surface area contributed by atoms with Crippen LogP contribution < -0.4 is 0 Å². The SMILES string of the molecule is IOCc1cncn1Cc1ccccc1. The van der Waals surface area contributed by atoms with Gasteiger partial charge in [-0.1, -0.05) is 30.3 Å². The number of benzene rings is 1. The summed E-state index contributed by atoms with van der Waals surface area (Å²) in [4.78, 5) is 4.12. The first kappa shape index (κ1) is 10.6. The number of nitrogens with zero attached hydrogens (tertiary/aromatic N) is 2.